The fraction of sp³-hybridized carbons (Fsp3) is 0.556. The molecule has 4 N–H and O–H groups in total. The number of nitrogens with one attached hydrogen (secondary N) is 2. The largest absolute Gasteiger partial charge is 0.347 e. The van der Waals surface area contributed by atoms with Crippen LogP contribution in [0.5, 0.6) is 0 Å². The number of nitrogens with zero attached hydrogens (tertiary/aromatic N) is 1. The average Bonchev–Trinajstić information content (AvgIpc) is 2.55. The zero-order chi connectivity index (χ0) is 15.7. The van der Waals surface area contributed by atoms with Crippen LogP contribution in [0.3, 0.4) is 0 Å². The van der Waals surface area contributed by atoms with Crippen molar-refractivity contribution in [3.05, 3.63) is 11.4 Å². The highest BCUT2D eigenvalue weighted by molar-refractivity contribution is 7.90. The molecule has 1 atom stereocenters. The van der Waals surface area contributed by atoms with Crippen LogP contribution in [0.4, 0.5) is 0 Å². The van der Waals surface area contributed by atoms with Crippen molar-refractivity contribution in [2.75, 3.05) is 12.0 Å². The van der Waals surface area contributed by atoms with E-state index in [1.165, 1.54) is 13.8 Å². The molecule has 0 bridgehead atoms. The number of aromatic nitrogens is 2. The molecule has 11 heteroatoms. The number of primary sulfonamides is 1. The normalized spacial score (nSPS) is 14.0. The van der Waals surface area contributed by atoms with Crippen LogP contribution in [0.1, 0.15) is 23.1 Å². The van der Waals surface area contributed by atoms with E-state index in [-0.39, 0.29) is 17.1 Å². The van der Waals surface area contributed by atoms with Crippen LogP contribution >= 0.6 is 0 Å². The Morgan fingerprint density at radius 3 is 2.40 bits per heavy atom. The fourth-order valence-corrected chi connectivity index (χ4v) is 3.58. The molecule has 1 rings (SSSR count). The van der Waals surface area contributed by atoms with Crippen molar-refractivity contribution >= 4 is 25.8 Å². The summed E-state index contributed by atoms with van der Waals surface area (Å²) >= 11 is 0. The van der Waals surface area contributed by atoms with Crippen LogP contribution < -0.4 is 10.5 Å². The number of nitrogens with two attached hydrogens (primary N) is 1. The number of carbonyl (C=O) groups excluding carboxylic acids is 1. The maximum Gasteiger partial charge on any atom is 0.273 e. The first kappa shape index (κ1) is 16.6. The van der Waals surface area contributed by atoms with Gasteiger partial charge in [0.15, 0.2) is 5.69 Å². The van der Waals surface area contributed by atoms with E-state index >= 15 is 0 Å². The predicted octanol–water partition coefficient (Wildman–Crippen LogP) is -1.47. The maximum atomic E-state index is 11.9. The topological polar surface area (TPSA) is 152 Å². The molecule has 0 radical (unpaired) electrons. The average molecular weight is 324 g/mol. The second-order valence-corrected chi connectivity index (χ2v) is 8.22. The van der Waals surface area contributed by atoms with Crippen molar-refractivity contribution in [3.8, 4) is 0 Å². The Kier molecular flexibility index (Phi) is 4.56. The second kappa shape index (κ2) is 5.50. The first-order valence-electron chi connectivity index (χ1n) is 5.48. The fourth-order valence-electron chi connectivity index (χ4n) is 1.71. The molecule has 1 amide bonds. The first-order valence-corrected chi connectivity index (χ1v) is 9.09. The van der Waals surface area contributed by atoms with Gasteiger partial charge in [0, 0.05) is 12.3 Å². The molecule has 0 saturated carbocycles. The zero-order valence-corrected chi connectivity index (χ0v) is 12.8. The van der Waals surface area contributed by atoms with Gasteiger partial charge in [-0.05, 0) is 13.8 Å². The third-order valence-electron chi connectivity index (χ3n) is 2.32. The number of rotatable bonds is 5. The van der Waals surface area contributed by atoms with Crippen molar-refractivity contribution in [1.82, 2.24) is 15.5 Å². The van der Waals surface area contributed by atoms with Crippen molar-refractivity contribution < 1.29 is 21.6 Å². The highest BCUT2D eigenvalue weighted by Crippen LogP contribution is 2.15. The molecule has 9 nitrogen and oxygen atoms in total. The Morgan fingerprint density at radius 1 is 1.40 bits per heavy atom. The molecular formula is C9H16N4O5S2. The summed E-state index contributed by atoms with van der Waals surface area (Å²) in [5.41, 5.74) is -0.251. The van der Waals surface area contributed by atoms with Crippen LogP contribution in [0.15, 0.2) is 4.90 Å². The molecule has 1 aromatic heterocycles. The van der Waals surface area contributed by atoms with E-state index in [1.54, 1.807) is 0 Å². The summed E-state index contributed by atoms with van der Waals surface area (Å²) < 4.78 is 45.0. The third-order valence-corrected chi connectivity index (χ3v) is 4.49. The lowest BCUT2D eigenvalue weighted by molar-refractivity contribution is 0.0935. The summed E-state index contributed by atoms with van der Waals surface area (Å²) in [6.07, 6.45) is 1.03. The van der Waals surface area contributed by atoms with E-state index in [4.69, 9.17) is 5.14 Å². The number of aromatic amines is 1. The number of amides is 1. The van der Waals surface area contributed by atoms with E-state index in [0.717, 1.165) is 6.26 Å². The number of hydrogen-bond acceptors (Lipinski definition) is 6. The molecule has 1 unspecified atom stereocenters. The molecular weight excluding hydrogens is 308 g/mol. The van der Waals surface area contributed by atoms with E-state index < -0.39 is 36.7 Å². The Bertz CT molecular complexity index is 720. The van der Waals surface area contributed by atoms with Crippen molar-refractivity contribution in [1.29, 1.82) is 0 Å². The van der Waals surface area contributed by atoms with Crippen LogP contribution in [-0.4, -0.2) is 51.0 Å². The zero-order valence-electron chi connectivity index (χ0n) is 11.2. The summed E-state index contributed by atoms with van der Waals surface area (Å²) in [6.45, 7) is 2.89. The quantitative estimate of drug-likeness (QED) is 0.601. The van der Waals surface area contributed by atoms with E-state index in [0.29, 0.717) is 0 Å². The lowest BCUT2D eigenvalue weighted by Crippen LogP contribution is -2.38. The summed E-state index contributed by atoms with van der Waals surface area (Å²) in [5.74, 6) is -1.08. The number of sulfonamides is 1. The molecule has 0 fully saturated rings. The molecule has 0 aliphatic heterocycles. The Balaban J connectivity index is 3.01. The van der Waals surface area contributed by atoms with Crippen LogP contribution in [0.25, 0.3) is 0 Å². The number of sulfone groups is 1. The van der Waals surface area contributed by atoms with Crippen molar-refractivity contribution in [2.24, 2.45) is 5.14 Å². The number of aryl methyl sites for hydroxylation is 1. The molecule has 0 aromatic carbocycles. The Labute approximate surface area is 116 Å². The van der Waals surface area contributed by atoms with Gasteiger partial charge in [0.2, 0.25) is 10.0 Å². The second-order valence-electron chi connectivity index (χ2n) is 4.54. The summed E-state index contributed by atoms with van der Waals surface area (Å²) in [4.78, 5) is 11.5. The van der Waals surface area contributed by atoms with Gasteiger partial charge in [-0.25, -0.2) is 22.0 Å². The van der Waals surface area contributed by atoms with Gasteiger partial charge in [-0.2, -0.15) is 5.10 Å². The van der Waals surface area contributed by atoms with Gasteiger partial charge in [-0.3, -0.25) is 9.89 Å². The van der Waals surface area contributed by atoms with Gasteiger partial charge >= 0.3 is 0 Å². The van der Waals surface area contributed by atoms with Crippen molar-refractivity contribution in [3.63, 3.8) is 0 Å². The first-order chi connectivity index (χ1) is 8.92. The van der Waals surface area contributed by atoms with Gasteiger partial charge in [-0.15, -0.1) is 0 Å². The third kappa shape index (κ3) is 4.28. The van der Waals surface area contributed by atoms with E-state index in [9.17, 15) is 21.6 Å². The van der Waals surface area contributed by atoms with E-state index in [1.807, 2.05) is 0 Å². The lowest BCUT2D eigenvalue weighted by Gasteiger charge is -2.12. The smallest absolute Gasteiger partial charge is 0.273 e. The highest BCUT2D eigenvalue weighted by atomic mass is 32.2. The predicted molar refractivity (Wildman–Crippen MR) is 71.3 cm³/mol. The SMILES string of the molecule is Cc1[nH]nc(C(=O)NC(C)CS(C)(=O)=O)c1S(N)(=O)=O. The number of hydrogen-bond donors (Lipinski definition) is 3. The monoisotopic (exact) mass is 324 g/mol. The van der Waals surface area contributed by atoms with Gasteiger partial charge < -0.3 is 5.32 Å². The molecule has 0 spiro atoms. The molecule has 1 heterocycles. The molecule has 0 saturated heterocycles. The van der Waals surface area contributed by atoms with Crippen LogP contribution in [0.2, 0.25) is 0 Å². The maximum absolute atomic E-state index is 11.9. The number of H-pyrrole nitrogens is 1. The van der Waals surface area contributed by atoms with Crippen LogP contribution in [0, 0.1) is 6.92 Å². The minimum atomic E-state index is -4.11. The lowest BCUT2D eigenvalue weighted by atomic mass is 10.3. The summed E-state index contributed by atoms with van der Waals surface area (Å²) in [5, 5.41) is 13.3. The Morgan fingerprint density at radius 2 is 1.95 bits per heavy atom. The van der Waals surface area contributed by atoms with Gasteiger partial charge in [0.25, 0.3) is 5.91 Å². The molecule has 20 heavy (non-hydrogen) atoms. The summed E-state index contributed by atoms with van der Waals surface area (Å²) in [6, 6.07) is -0.692. The number of carbonyl (C=O) groups is 1. The molecule has 1 aromatic rings. The van der Waals surface area contributed by atoms with Gasteiger partial charge in [0.05, 0.1) is 11.4 Å². The molecule has 0 aliphatic rings. The molecule has 114 valence electrons. The highest BCUT2D eigenvalue weighted by Gasteiger charge is 2.26. The minimum absolute atomic E-state index is 0.133. The van der Waals surface area contributed by atoms with Crippen LogP contribution in [-0.2, 0) is 19.9 Å². The minimum Gasteiger partial charge on any atom is -0.347 e. The van der Waals surface area contributed by atoms with E-state index in [2.05, 4.69) is 15.5 Å². The Hall–Kier alpha value is -1.46. The standard InChI is InChI=1S/C9H16N4O5S2/c1-5(4-19(3,15)16)11-9(14)7-8(20(10,17)18)6(2)12-13-7/h5H,4H2,1-3H3,(H,11,14)(H,12,13)(H2,10,17,18). The summed E-state index contributed by atoms with van der Waals surface area (Å²) in [7, 11) is -7.38. The molecule has 0 aliphatic carbocycles. The van der Waals surface area contributed by atoms with Crippen molar-refractivity contribution in [2.45, 2.75) is 24.8 Å². The van der Waals surface area contributed by atoms with Gasteiger partial charge in [0.1, 0.15) is 14.7 Å². The van der Waals surface area contributed by atoms with Gasteiger partial charge in [-0.1, -0.05) is 0 Å².